The highest BCUT2D eigenvalue weighted by Crippen LogP contribution is 2.26. The summed E-state index contributed by atoms with van der Waals surface area (Å²) in [5.41, 5.74) is -0.132. The van der Waals surface area contributed by atoms with Gasteiger partial charge in [-0.3, -0.25) is 4.79 Å². The summed E-state index contributed by atoms with van der Waals surface area (Å²) in [5.74, 6) is -0.704. The molecule has 1 saturated heterocycles. The van der Waals surface area contributed by atoms with Crippen molar-refractivity contribution in [1.82, 2.24) is 10.6 Å². The topological polar surface area (TPSA) is 61.4 Å². The van der Waals surface area contributed by atoms with Crippen molar-refractivity contribution in [2.24, 2.45) is 0 Å². The van der Waals surface area contributed by atoms with E-state index in [0.717, 1.165) is 13.1 Å². The monoisotopic (exact) mass is 170 g/mol. The molecule has 0 amide bonds. The van der Waals surface area contributed by atoms with Crippen LogP contribution < -0.4 is 10.6 Å². The van der Waals surface area contributed by atoms with Crippen molar-refractivity contribution in [1.29, 1.82) is 0 Å². The average molecular weight is 170 g/mol. The molecule has 0 aromatic carbocycles. The fourth-order valence-corrected chi connectivity index (χ4v) is 1.66. The van der Waals surface area contributed by atoms with Crippen LogP contribution in [0.2, 0.25) is 0 Å². The molecule has 3 N–H and O–H groups in total. The molecule has 1 heterocycles. The van der Waals surface area contributed by atoms with Crippen molar-refractivity contribution in [2.75, 3.05) is 13.1 Å². The number of aliphatic carboxylic acids is 1. The fraction of sp³-hybridized carbons (Fsp3) is 0.875. The fourth-order valence-electron chi connectivity index (χ4n) is 1.66. The first kappa shape index (κ1) is 8.01. The Morgan fingerprint density at radius 1 is 1.58 bits per heavy atom. The molecule has 0 spiro atoms. The molecule has 1 aliphatic heterocycles. The van der Waals surface area contributed by atoms with Crippen molar-refractivity contribution < 1.29 is 9.90 Å². The number of rotatable bonds is 4. The van der Waals surface area contributed by atoms with Crippen LogP contribution in [0.4, 0.5) is 0 Å². The van der Waals surface area contributed by atoms with Crippen LogP contribution in [0.15, 0.2) is 0 Å². The summed E-state index contributed by atoms with van der Waals surface area (Å²) in [6.07, 6.45) is 2.67. The molecule has 2 aliphatic rings. The number of hydrogen-bond acceptors (Lipinski definition) is 3. The van der Waals surface area contributed by atoms with Gasteiger partial charge in [-0.2, -0.15) is 0 Å². The second-order valence-corrected chi connectivity index (χ2v) is 3.87. The van der Waals surface area contributed by atoms with Gasteiger partial charge < -0.3 is 15.7 Å². The lowest BCUT2D eigenvalue weighted by Crippen LogP contribution is -2.68. The summed E-state index contributed by atoms with van der Waals surface area (Å²) in [4.78, 5) is 10.5. The Kier molecular flexibility index (Phi) is 1.81. The van der Waals surface area contributed by atoms with E-state index in [1.165, 1.54) is 12.8 Å². The second-order valence-electron chi connectivity index (χ2n) is 3.87. The van der Waals surface area contributed by atoms with Gasteiger partial charge in [0.15, 0.2) is 0 Å². The van der Waals surface area contributed by atoms with Crippen LogP contribution in [-0.2, 0) is 4.79 Å². The molecule has 2 rings (SSSR count). The summed E-state index contributed by atoms with van der Waals surface area (Å²) in [5, 5.41) is 15.2. The molecule has 4 nitrogen and oxygen atoms in total. The third-order valence-electron chi connectivity index (χ3n) is 2.50. The molecule has 0 bridgehead atoms. The third-order valence-corrected chi connectivity index (χ3v) is 2.50. The first-order valence-electron chi connectivity index (χ1n) is 4.40. The molecule has 0 unspecified atom stereocenters. The highest BCUT2D eigenvalue weighted by Gasteiger charge is 2.42. The van der Waals surface area contributed by atoms with Gasteiger partial charge in [0.05, 0.1) is 12.0 Å². The predicted octanol–water partition coefficient (Wildman–Crippen LogP) is -0.445. The van der Waals surface area contributed by atoms with E-state index in [9.17, 15) is 4.79 Å². The molecule has 1 aliphatic carbocycles. The van der Waals surface area contributed by atoms with E-state index in [1.807, 2.05) is 0 Å². The summed E-state index contributed by atoms with van der Waals surface area (Å²) in [6.45, 7) is 1.60. The highest BCUT2D eigenvalue weighted by atomic mass is 16.4. The van der Waals surface area contributed by atoms with Crippen LogP contribution in [0.1, 0.15) is 19.3 Å². The molecule has 12 heavy (non-hydrogen) atoms. The van der Waals surface area contributed by atoms with Crippen LogP contribution in [-0.4, -0.2) is 35.7 Å². The number of carbonyl (C=O) groups is 1. The van der Waals surface area contributed by atoms with E-state index < -0.39 is 5.97 Å². The number of nitrogens with one attached hydrogen (secondary N) is 2. The van der Waals surface area contributed by atoms with Gasteiger partial charge in [-0.1, -0.05) is 0 Å². The van der Waals surface area contributed by atoms with Crippen molar-refractivity contribution in [3.8, 4) is 0 Å². The number of hydrogen-bond donors (Lipinski definition) is 3. The van der Waals surface area contributed by atoms with Gasteiger partial charge in [0, 0.05) is 19.1 Å². The van der Waals surface area contributed by atoms with Gasteiger partial charge in [0.2, 0.25) is 0 Å². The van der Waals surface area contributed by atoms with Gasteiger partial charge in [0.25, 0.3) is 0 Å². The number of carboxylic acid groups (broad SMARTS) is 1. The zero-order valence-corrected chi connectivity index (χ0v) is 6.97. The second kappa shape index (κ2) is 2.71. The molecule has 0 atom stereocenters. The first-order valence-corrected chi connectivity index (χ1v) is 4.40. The normalized spacial score (nSPS) is 26.3. The van der Waals surface area contributed by atoms with Gasteiger partial charge >= 0.3 is 5.97 Å². The minimum atomic E-state index is -0.704. The van der Waals surface area contributed by atoms with E-state index in [2.05, 4.69) is 10.6 Å². The van der Waals surface area contributed by atoms with Gasteiger partial charge in [-0.25, -0.2) is 0 Å². The van der Waals surface area contributed by atoms with E-state index in [1.54, 1.807) is 0 Å². The maximum absolute atomic E-state index is 10.5. The van der Waals surface area contributed by atoms with Crippen LogP contribution in [0.3, 0.4) is 0 Å². The van der Waals surface area contributed by atoms with Crippen LogP contribution in [0.5, 0.6) is 0 Å². The molecular formula is C8H14N2O2. The van der Waals surface area contributed by atoms with E-state index in [4.69, 9.17) is 5.11 Å². The van der Waals surface area contributed by atoms with Gasteiger partial charge in [0.1, 0.15) is 0 Å². The van der Waals surface area contributed by atoms with Crippen LogP contribution in [0, 0.1) is 0 Å². The summed E-state index contributed by atoms with van der Waals surface area (Å²) >= 11 is 0. The van der Waals surface area contributed by atoms with Crippen molar-refractivity contribution in [3.05, 3.63) is 0 Å². The maximum Gasteiger partial charge on any atom is 0.305 e. The van der Waals surface area contributed by atoms with E-state index >= 15 is 0 Å². The zero-order chi connectivity index (χ0) is 8.60. The SMILES string of the molecule is O=C(O)CC1(NC2CC2)CNC1. The molecule has 0 aromatic rings. The molecule has 4 heteroatoms. The Morgan fingerprint density at radius 2 is 2.25 bits per heavy atom. The lowest BCUT2D eigenvalue weighted by atomic mass is 9.88. The maximum atomic E-state index is 10.5. The Labute approximate surface area is 71.3 Å². The Morgan fingerprint density at radius 3 is 2.58 bits per heavy atom. The van der Waals surface area contributed by atoms with Crippen molar-refractivity contribution in [3.63, 3.8) is 0 Å². The molecular weight excluding hydrogens is 156 g/mol. The smallest absolute Gasteiger partial charge is 0.305 e. The summed E-state index contributed by atoms with van der Waals surface area (Å²) in [6, 6.07) is 0.589. The molecule has 0 radical (unpaired) electrons. The largest absolute Gasteiger partial charge is 0.481 e. The highest BCUT2D eigenvalue weighted by molar-refractivity contribution is 5.68. The van der Waals surface area contributed by atoms with Gasteiger partial charge in [-0.05, 0) is 12.8 Å². The summed E-state index contributed by atoms with van der Waals surface area (Å²) in [7, 11) is 0. The Bertz CT molecular complexity index is 197. The van der Waals surface area contributed by atoms with Crippen LogP contribution in [0.25, 0.3) is 0 Å². The lowest BCUT2D eigenvalue weighted by Gasteiger charge is -2.42. The standard InChI is InChI=1S/C8H14N2O2/c11-7(12)3-8(4-9-5-8)10-6-1-2-6/h6,9-10H,1-5H2,(H,11,12). The quantitative estimate of drug-likeness (QED) is 0.535. The number of carboxylic acids is 1. The molecule has 2 fully saturated rings. The average Bonchev–Trinajstić information content (AvgIpc) is 2.65. The van der Waals surface area contributed by atoms with Crippen molar-refractivity contribution >= 4 is 5.97 Å². The van der Waals surface area contributed by atoms with E-state index in [-0.39, 0.29) is 12.0 Å². The van der Waals surface area contributed by atoms with E-state index in [0.29, 0.717) is 6.04 Å². The third kappa shape index (κ3) is 1.59. The van der Waals surface area contributed by atoms with Gasteiger partial charge in [-0.15, -0.1) is 0 Å². The van der Waals surface area contributed by atoms with Crippen molar-refractivity contribution in [2.45, 2.75) is 30.8 Å². The Balaban J connectivity index is 1.88. The summed E-state index contributed by atoms with van der Waals surface area (Å²) < 4.78 is 0. The lowest BCUT2D eigenvalue weighted by molar-refractivity contribution is -0.139. The Hall–Kier alpha value is -0.610. The first-order chi connectivity index (χ1) is 5.70. The minimum Gasteiger partial charge on any atom is -0.481 e. The van der Waals surface area contributed by atoms with Crippen LogP contribution >= 0.6 is 0 Å². The predicted molar refractivity (Wildman–Crippen MR) is 44.0 cm³/mol. The molecule has 68 valence electrons. The minimum absolute atomic E-state index is 0.132. The molecule has 1 saturated carbocycles. The zero-order valence-electron chi connectivity index (χ0n) is 6.97. The molecule has 0 aromatic heterocycles.